The Balaban J connectivity index is 1.35. The van der Waals surface area contributed by atoms with Gasteiger partial charge in [0.15, 0.2) is 16.7 Å². The van der Waals surface area contributed by atoms with Crippen LogP contribution in [0, 0.1) is 0 Å². The Kier molecular flexibility index (Phi) is 6.37. The highest BCUT2D eigenvalue weighted by molar-refractivity contribution is 7.99. The Morgan fingerprint density at radius 3 is 2.79 bits per heavy atom. The Morgan fingerprint density at radius 2 is 1.97 bits per heavy atom. The summed E-state index contributed by atoms with van der Waals surface area (Å²) in [6.07, 6.45) is 2.29. The number of anilines is 1. The lowest BCUT2D eigenvalue weighted by molar-refractivity contribution is -0.116. The topological polar surface area (TPSA) is 93.3 Å². The molecule has 3 heterocycles. The molecule has 0 radical (unpaired) electrons. The van der Waals surface area contributed by atoms with E-state index >= 15 is 0 Å². The summed E-state index contributed by atoms with van der Waals surface area (Å²) >= 11 is 7.51. The minimum Gasteiger partial charge on any atom is -0.459 e. The van der Waals surface area contributed by atoms with Gasteiger partial charge >= 0.3 is 0 Å². The molecule has 34 heavy (non-hydrogen) atoms. The minimum atomic E-state index is -0.359. The molecular weight excluding hydrogens is 474 g/mol. The molecule has 0 saturated heterocycles. The first kappa shape index (κ1) is 22.2. The van der Waals surface area contributed by atoms with Gasteiger partial charge in [0.25, 0.3) is 5.91 Å². The first-order valence-electron chi connectivity index (χ1n) is 10.6. The summed E-state index contributed by atoms with van der Waals surface area (Å²) in [5.41, 5.74) is 2.88. The molecular formula is C24H20ClN5O3S. The first-order valence-corrected chi connectivity index (χ1v) is 12.0. The molecule has 0 atom stereocenters. The molecule has 0 unspecified atom stereocenters. The smallest absolute Gasteiger partial charge is 0.287 e. The van der Waals surface area contributed by atoms with Crippen molar-refractivity contribution in [2.24, 2.45) is 0 Å². The summed E-state index contributed by atoms with van der Waals surface area (Å²) in [6, 6.07) is 18.4. The Hall–Kier alpha value is -3.56. The van der Waals surface area contributed by atoms with Gasteiger partial charge in [-0.15, -0.1) is 10.2 Å². The lowest BCUT2D eigenvalue weighted by atomic mass is 10.2. The molecule has 2 amide bonds. The number of carbonyl (C=O) groups is 2. The molecule has 1 aliphatic rings. The van der Waals surface area contributed by atoms with Gasteiger partial charge in [0.2, 0.25) is 5.91 Å². The molecule has 0 spiro atoms. The highest BCUT2D eigenvalue weighted by Crippen LogP contribution is 2.29. The number of para-hydroxylation sites is 1. The number of hydrogen-bond donors (Lipinski definition) is 1. The van der Waals surface area contributed by atoms with Gasteiger partial charge in [-0.25, -0.2) is 0 Å². The zero-order chi connectivity index (χ0) is 23.5. The molecule has 10 heteroatoms. The minimum absolute atomic E-state index is 0.00302. The number of nitrogens with one attached hydrogen (secondary N) is 1. The van der Waals surface area contributed by atoms with Crippen molar-refractivity contribution < 1.29 is 14.0 Å². The van der Waals surface area contributed by atoms with Crippen LogP contribution in [0.15, 0.2) is 76.5 Å². The molecule has 0 saturated carbocycles. The molecule has 0 aliphatic carbocycles. The highest BCUT2D eigenvalue weighted by Gasteiger charge is 2.25. The molecule has 0 bridgehead atoms. The van der Waals surface area contributed by atoms with Gasteiger partial charge in [-0.3, -0.25) is 14.2 Å². The van der Waals surface area contributed by atoms with Crippen molar-refractivity contribution in [2.75, 3.05) is 17.2 Å². The van der Waals surface area contributed by atoms with Crippen molar-refractivity contribution in [3.63, 3.8) is 0 Å². The van der Waals surface area contributed by atoms with Gasteiger partial charge in [-0.05, 0) is 48.4 Å². The predicted octanol–water partition coefficient (Wildman–Crippen LogP) is 4.13. The third kappa shape index (κ3) is 4.57. The molecule has 8 nitrogen and oxygen atoms in total. The van der Waals surface area contributed by atoms with Crippen molar-refractivity contribution >= 4 is 40.9 Å². The number of thioether (sulfide) groups is 1. The van der Waals surface area contributed by atoms with Crippen LogP contribution in [-0.4, -0.2) is 38.9 Å². The van der Waals surface area contributed by atoms with Crippen LogP contribution in [0.25, 0.3) is 5.69 Å². The number of fused-ring (bicyclic) bond motifs is 1. The van der Waals surface area contributed by atoms with E-state index in [1.807, 2.05) is 35.2 Å². The van der Waals surface area contributed by atoms with Gasteiger partial charge in [0.1, 0.15) is 0 Å². The number of halogens is 1. The number of furan rings is 1. The number of amides is 2. The van der Waals surface area contributed by atoms with Crippen LogP contribution in [0.3, 0.4) is 0 Å². The molecule has 1 N–H and O–H groups in total. The largest absolute Gasteiger partial charge is 0.459 e. The Labute approximate surface area is 204 Å². The molecule has 172 valence electrons. The van der Waals surface area contributed by atoms with Crippen LogP contribution >= 0.6 is 23.4 Å². The van der Waals surface area contributed by atoms with Crippen LogP contribution in [0.2, 0.25) is 5.02 Å². The number of rotatable bonds is 7. The van der Waals surface area contributed by atoms with Gasteiger partial charge in [0, 0.05) is 17.3 Å². The van der Waals surface area contributed by atoms with E-state index in [4.69, 9.17) is 16.0 Å². The Bertz CT molecular complexity index is 1340. The molecule has 2 aromatic heterocycles. The average molecular weight is 494 g/mol. The molecule has 1 aliphatic heterocycles. The fraction of sp³-hybridized carbons (Fsp3) is 0.167. The van der Waals surface area contributed by atoms with E-state index in [0.29, 0.717) is 22.5 Å². The second kappa shape index (κ2) is 9.74. The first-order chi connectivity index (χ1) is 16.6. The van der Waals surface area contributed by atoms with Crippen molar-refractivity contribution in [1.29, 1.82) is 0 Å². The van der Waals surface area contributed by atoms with E-state index in [-0.39, 0.29) is 29.9 Å². The van der Waals surface area contributed by atoms with Crippen molar-refractivity contribution in [1.82, 2.24) is 20.1 Å². The normalized spacial score (nSPS) is 12.6. The number of aromatic nitrogens is 3. The summed E-state index contributed by atoms with van der Waals surface area (Å²) in [4.78, 5) is 27.1. The van der Waals surface area contributed by atoms with Crippen LogP contribution in [0.5, 0.6) is 0 Å². The van der Waals surface area contributed by atoms with E-state index in [2.05, 4.69) is 21.6 Å². The van der Waals surface area contributed by atoms with Crippen molar-refractivity contribution in [3.05, 3.63) is 89.1 Å². The maximum absolute atomic E-state index is 13.0. The van der Waals surface area contributed by atoms with Crippen LogP contribution in [0.1, 0.15) is 21.9 Å². The van der Waals surface area contributed by atoms with Gasteiger partial charge in [-0.2, -0.15) is 0 Å². The van der Waals surface area contributed by atoms with Gasteiger partial charge < -0.3 is 14.6 Å². The summed E-state index contributed by atoms with van der Waals surface area (Å²) in [5.74, 6) is 0.556. The maximum atomic E-state index is 13.0. The Morgan fingerprint density at radius 1 is 1.09 bits per heavy atom. The number of nitrogens with zero attached hydrogens (tertiary/aromatic N) is 4. The highest BCUT2D eigenvalue weighted by atomic mass is 35.5. The lowest BCUT2D eigenvalue weighted by Crippen LogP contribution is -2.30. The van der Waals surface area contributed by atoms with Crippen LogP contribution in [-0.2, 0) is 17.8 Å². The second-order valence-corrected chi connectivity index (χ2v) is 8.97. The molecule has 0 fully saturated rings. The van der Waals surface area contributed by atoms with Crippen molar-refractivity contribution in [3.8, 4) is 5.69 Å². The van der Waals surface area contributed by atoms with Crippen molar-refractivity contribution in [2.45, 2.75) is 18.1 Å². The second-order valence-electron chi connectivity index (χ2n) is 7.59. The summed E-state index contributed by atoms with van der Waals surface area (Å²) in [6.45, 7) is 0.789. The molecule has 5 rings (SSSR count). The standard InChI is InChI=1S/C24H20ClN5O3S/c25-17-6-3-7-18(13-17)30-21(14-26-23(32)20-9-4-12-33-20)27-28-24(30)34-15-22(31)29-11-10-16-5-1-2-8-19(16)29/h1-9,12-13H,10-11,14-15H2,(H,26,32). The van der Waals surface area contributed by atoms with Crippen LogP contribution in [0.4, 0.5) is 5.69 Å². The van der Waals surface area contributed by atoms with E-state index in [1.165, 1.54) is 23.6 Å². The zero-order valence-corrected chi connectivity index (χ0v) is 19.6. The number of carbonyl (C=O) groups excluding carboxylic acids is 2. The lowest BCUT2D eigenvalue weighted by Gasteiger charge is -2.17. The van der Waals surface area contributed by atoms with E-state index < -0.39 is 0 Å². The summed E-state index contributed by atoms with van der Waals surface area (Å²) < 4.78 is 6.94. The van der Waals surface area contributed by atoms with E-state index in [0.717, 1.165) is 17.8 Å². The van der Waals surface area contributed by atoms with Gasteiger partial charge in [0.05, 0.1) is 24.2 Å². The monoisotopic (exact) mass is 493 g/mol. The fourth-order valence-corrected chi connectivity index (χ4v) is 4.87. The van der Waals surface area contributed by atoms with Crippen LogP contribution < -0.4 is 10.2 Å². The average Bonchev–Trinajstić information content (AvgIpc) is 3.60. The number of benzene rings is 2. The third-order valence-electron chi connectivity index (χ3n) is 5.43. The van der Waals surface area contributed by atoms with E-state index in [1.54, 1.807) is 28.8 Å². The SMILES string of the molecule is O=C(NCc1nnc(SCC(=O)N2CCc3ccccc32)n1-c1cccc(Cl)c1)c1ccco1. The summed E-state index contributed by atoms with van der Waals surface area (Å²) in [5, 5.41) is 12.4. The predicted molar refractivity (Wildman–Crippen MR) is 129 cm³/mol. The van der Waals surface area contributed by atoms with Gasteiger partial charge in [-0.1, -0.05) is 47.6 Å². The third-order valence-corrected chi connectivity index (χ3v) is 6.58. The van der Waals surface area contributed by atoms with E-state index in [9.17, 15) is 9.59 Å². The summed E-state index contributed by atoms with van der Waals surface area (Å²) in [7, 11) is 0. The number of hydrogen-bond acceptors (Lipinski definition) is 6. The molecule has 2 aromatic carbocycles. The zero-order valence-electron chi connectivity index (χ0n) is 18.0. The quantitative estimate of drug-likeness (QED) is 0.389. The molecule has 4 aromatic rings. The fourth-order valence-electron chi connectivity index (χ4n) is 3.84. The maximum Gasteiger partial charge on any atom is 0.287 e.